The molecule has 3 aromatic carbocycles. The second-order valence-electron chi connectivity index (χ2n) is 8.35. The van der Waals surface area contributed by atoms with Crippen LogP contribution in [0.5, 0.6) is 0 Å². The number of amides is 1. The molecule has 1 aliphatic heterocycles. The molecule has 1 atom stereocenters. The number of nitrogens with zero attached hydrogens (tertiary/aromatic N) is 1. The van der Waals surface area contributed by atoms with Crippen molar-refractivity contribution in [2.75, 3.05) is 17.7 Å². The number of rotatable bonds is 6. The Morgan fingerprint density at radius 2 is 1.64 bits per heavy atom. The van der Waals surface area contributed by atoms with Gasteiger partial charge in [-0.05, 0) is 54.8 Å². The van der Waals surface area contributed by atoms with E-state index in [1.807, 2.05) is 0 Å². The molecule has 3 aromatic rings. The highest BCUT2D eigenvalue weighted by Crippen LogP contribution is 2.32. The van der Waals surface area contributed by atoms with Crippen molar-refractivity contribution in [2.24, 2.45) is 0 Å². The number of nitrogens with one attached hydrogen (secondary N) is 1. The topological polar surface area (TPSA) is 101 Å². The van der Waals surface area contributed by atoms with E-state index < -0.39 is 37.6 Å². The van der Waals surface area contributed by atoms with Crippen LogP contribution >= 0.6 is 23.2 Å². The maximum atomic E-state index is 15.2. The van der Waals surface area contributed by atoms with Crippen LogP contribution in [0, 0.1) is 5.82 Å². The van der Waals surface area contributed by atoms with Crippen LogP contribution in [0.15, 0.2) is 70.5 Å². The zero-order chi connectivity index (χ0) is 26.3. The van der Waals surface area contributed by atoms with Crippen molar-refractivity contribution < 1.29 is 26.0 Å². The Morgan fingerprint density at radius 1 is 0.972 bits per heavy atom. The van der Waals surface area contributed by atoms with Gasteiger partial charge in [0.1, 0.15) is 11.9 Å². The fraction of sp³-hybridized carbons (Fsp3) is 0.208. The Kier molecular flexibility index (Phi) is 7.45. The van der Waals surface area contributed by atoms with Gasteiger partial charge in [0.15, 0.2) is 9.84 Å². The molecule has 1 unspecified atom stereocenters. The molecule has 1 saturated heterocycles. The van der Waals surface area contributed by atoms with Crippen molar-refractivity contribution in [1.82, 2.24) is 4.72 Å². The van der Waals surface area contributed by atoms with E-state index in [0.29, 0.717) is 17.5 Å². The number of anilines is 1. The largest absolute Gasteiger partial charge is 0.308 e. The maximum Gasteiger partial charge on any atom is 0.245 e. The van der Waals surface area contributed by atoms with E-state index in [-0.39, 0.29) is 38.5 Å². The average molecular weight is 571 g/mol. The van der Waals surface area contributed by atoms with E-state index in [0.717, 1.165) is 12.3 Å². The van der Waals surface area contributed by atoms with Crippen molar-refractivity contribution in [3.63, 3.8) is 0 Å². The molecule has 1 aliphatic rings. The predicted molar refractivity (Wildman–Crippen MR) is 137 cm³/mol. The number of hydrogen-bond acceptors (Lipinski definition) is 5. The lowest BCUT2D eigenvalue weighted by atomic mass is 10.0. The minimum atomic E-state index is -4.13. The predicted octanol–water partition coefficient (Wildman–Crippen LogP) is 4.68. The number of piperidine rings is 1. The van der Waals surface area contributed by atoms with Crippen LogP contribution in [0.2, 0.25) is 10.0 Å². The third kappa shape index (κ3) is 5.57. The second kappa shape index (κ2) is 10.1. The summed E-state index contributed by atoms with van der Waals surface area (Å²) in [6.07, 6.45) is 1.72. The minimum absolute atomic E-state index is 0.0321. The number of carbonyl (C=O) groups is 1. The van der Waals surface area contributed by atoms with Gasteiger partial charge in [0.2, 0.25) is 15.9 Å². The van der Waals surface area contributed by atoms with Gasteiger partial charge < -0.3 is 4.90 Å². The molecule has 0 spiro atoms. The normalized spacial score (nSPS) is 16.8. The smallest absolute Gasteiger partial charge is 0.245 e. The van der Waals surface area contributed by atoms with Crippen LogP contribution in [0.3, 0.4) is 0 Å². The molecule has 4 rings (SSSR count). The molecule has 0 aliphatic carbocycles. The summed E-state index contributed by atoms with van der Waals surface area (Å²) in [5.41, 5.74) is 0.633. The first kappa shape index (κ1) is 26.6. The van der Waals surface area contributed by atoms with Crippen LogP contribution in [0.1, 0.15) is 12.8 Å². The van der Waals surface area contributed by atoms with Gasteiger partial charge in [-0.1, -0.05) is 47.5 Å². The summed E-state index contributed by atoms with van der Waals surface area (Å²) in [5, 5.41) is 0.248. The summed E-state index contributed by atoms with van der Waals surface area (Å²) in [5.74, 6) is -1.35. The van der Waals surface area contributed by atoms with E-state index in [4.69, 9.17) is 23.2 Å². The molecule has 7 nitrogen and oxygen atoms in total. The third-order valence-electron chi connectivity index (χ3n) is 5.72. The van der Waals surface area contributed by atoms with E-state index in [1.54, 1.807) is 18.2 Å². The monoisotopic (exact) mass is 570 g/mol. The zero-order valence-corrected chi connectivity index (χ0v) is 22.1. The SMILES string of the molecule is CS(=O)(=O)c1ccccc1-c1ccc(N2CCCC(NS(=O)(=O)c3cc(Cl)cc(Cl)c3)C2=O)c(F)c1. The standard InChI is InChI=1S/C24H21Cl2FN2O5S2/c1-35(31,32)23-7-3-2-5-19(23)15-8-9-22(20(27)11-15)29-10-4-6-21(24(29)30)28-36(33,34)18-13-16(25)12-17(26)14-18/h2-3,5,7-9,11-14,21,28H,4,6,10H2,1H3. The molecule has 1 N–H and O–H groups in total. The van der Waals surface area contributed by atoms with E-state index >= 15 is 4.39 Å². The van der Waals surface area contributed by atoms with Crippen LogP contribution in [0.25, 0.3) is 11.1 Å². The van der Waals surface area contributed by atoms with E-state index in [9.17, 15) is 21.6 Å². The first-order valence-electron chi connectivity index (χ1n) is 10.8. The number of carbonyl (C=O) groups excluding carboxylic acids is 1. The van der Waals surface area contributed by atoms with E-state index in [2.05, 4.69) is 4.72 Å². The van der Waals surface area contributed by atoms with Gasteiger partial charge in [0.05, 0.1) is 15.5 Å². The average Bonchev–Trinajstić information content (AvgIpc) is 2.79. The Hall–Kier alpha value is -2.50. The molecule has 1 fully saturated rings. The van der Waals surface area contributed by atoms with Crippen molar-refractivity contribution in [3.8, 4) is 11.1 Å². The van der Waals surface area contributed by atoms with Crippen molar-refractivity contribution in [2.45, 2.75) is 28.7 Å². The summed E-state index contributed by atoms with van der Waals surface area (Å²) in [6.45, 7) is 0.191. The third-order valence-corrected chi connectivity index (χ3v) is 8.76. The molecular formula is C24H21Cl2FN2O5S2. The molecule has 0 saturated carbocycles. The zero-order valence-electron chi connectivity index (χ0n) is 18.9. The Balaban J connectivity index is 1.61. The molecule has 190 valence electrons. The number of hydrogen-bond donors (Lipinski definition) is 1. The summed E-state index contributed by atoms with van der Waals surface area (Å²) in [4.78, 5) is 14.2. The van der Waals surface area contributed by atoms with Gasteiger partial charge >= 0.3 is 0 Å². The maximum absolute atomic E-state index is 15.2. The molecule has 0 aromatic heterocycles. The lowest BCUT2D eigenvalue weighted by molar-refractivity contribution is -0.121. The fourth-order valence-corrected chi connectivity index (χ4v) is 6.94. The Bertz CT molecular complexity index is 1540. The van der Waals surface area contributed by atoms with Crippen molar-refractivity contribution in [1.29, 1.82) is 0 Å². The van der Waals surface area contributed by atoms with Crippen LogP contribution in [-0.4, -0.2) is 41.6 Å². The summed E-state index contributed by atoms with van der Waals surface area (Å²) < 4.78 is 67.6. The van der Waals surface area contributed by atoms with Gasteiger partial charge in [-0.3, -0.25) is 4.79 Å². The van der Waals surface area contributed by atoms with Gasteiger partial charge in [0.25, 0.3) is 0 Å². The molecule has 0 radical (unpaired) electrons. The lowest BCUT2D eigenvalue weighted by Crippen LogP contribution is -2.52. The number of benzene rings is 3. The van der Waals surface area contributed by atoms with Crippen molar-refractivity contribution >= 4 is 54.7 Å². The highest BCUT2D eigenvalue weighted by molar-refractivity contribution is 7.91. The molecule has 36 heavy (non-hydrogen) atoms. The van der Waals surface area contributed by atoms with E-state index in [1.165, 1.54) is 41.3 Å². The molecule has 0 bridgehead atoms. The van der Waals surface area contributed by atoms with Gasteiger partial charge in [-0.25, -0.2) is 21.2 Å². The van der Waals surface area contributed by atoms with Crippen molar-refractivity contribution in [3.05, 3.63) is 76.5 Å². The van der Waals surface area contributed by atoms with Crippen LogP contribution in [-0.2, 0) is 24.7 Å². The van der Waals surface area contributed by atoms with Gasteiger partial charge in [0, 0.05) is 28.4 Å². The molecule has 1 heterocycles. The molecule has 1 amide bonds. The summed E-state index contributed by atoms with van der Waals surface area (Å²) in [7, 11) is -7.69. The first-order chi connectivity index (χ1) is 16.9. The highest BCUT2D eigenvalue weighted by atomic mass is 35.5. The quantitative estimate of drug-likeness (QED) is 0.464. The fourth-order valence-electron chi connectivity index (χ4n) is 4.08. The number of sulfonamides is 1. The Morgan fingerprint density at radius 3 is 2.28 bits per heavy atom. The highest BCUT2D eigenvalue weighted by Gasteiger charge is 2.34. The second-order valence-corrected chi connectivity index (χ2v) is 12.9. The minimum Gasteiger partial charge on any atom is -0.308 e. The van der Waals surface area contributed by atoms with Crippen LogP contribution in [0.4, 0.5) is 10.1 Å². The first-order valence-corrected chi connectivity index (χ1v) is 14.9. The Labute approximate surface area is 218 Å². The molecular weight excluding hydrogens is 550 g/mol. The number of sulfone groups is 1. The summed E-state index contributed by atoms with van der Waals surface area (Å²) >= 11 is 11.8. The van der Waals surface area contributed by atoms with Crippen LogP contribution < -0.4 is 9.62 Å². The summed E-state index contributed by atoms with van der Waals surface area (Å²) in [6, 6.07) is 13.0. The van der Waals surface area contributed by atoms with Gasteiger partial charge in [-0.15, -0.1) is 0 Å². The molecule has 12 heteroatoms. The lowest BCUT2D eigenvalue weighted by Gasteiger charge is -2.32. The number of halogens is 3. The van der Waals surface area contributed by atoms with Gasteiger partial charge in [-0.2, -0.15) is 4.72 Å².